The van der Waals surface area contributed by atoms with Crippen molar-refractivity contribution in [3.05, 3.63) is 101 Å². The monoisotopic (exact) mass is 370 g/mol. The largest absolute Gasteiger partial charge is 0.346 e. The van der Waals surface area contributed by atoms with E-state index in [1.54, 1.807) is 48.5 Å². The Bertz CT molecular complexity index is 1020. The number of fused-ring (bicyclic) bond motifs is 1. The molecule has 3 aromatic carbocycles. The van der Waals surface area contributed by atoms with E-state index in [4.69, 9.17) is 0 Å². The van der Waals surface area contributed by atoms with Crippen molar-refractivity contribution in [1.29, 1.82) is 0 Å². The second-order valence-electron chi connectivity index (χ2n) is 6.64. The van der Waals surface area contributed by atoms with Crippen LogP contribution in [0.3, 0.4) is 0 Å². The third kappa shape index (κ3) is 3.07. The Hall–Kier alpha value is -3.73. The Balaban J connectivity index is 1.51. The summed E-state index contributed by atoms with van der Waals surface area (Å²) in [6.45, 7) is 1.92. The molecule has 0 aliphatic carbocycles. The van der Waals surface area contributed by atoms with Gasteiger partial charge in [-0.15, -0.1) is 0 Å². The lowest BCUT2D eigenvalue weighted by Crippen LogP contribution is -2.29. The quantitative estimate of drug-likeness (QED) is 0.707. The van der Waals surface area contributed by atoms with Gasteiger partial charge in [0, 0.05) is 5.56 Å². The van der Waals surface area contributed by atoms with Crippen LogP contribution < -0.4 is 10.2 Å². The highest BCUT2D eigenvalue weighted by molar-refractivity contribution is 6.34. The molecule has 0 aromatic heterocycles. The van der Waals surface area contributed by atoms with Crippen LogP contribution in [0.4, 0.5) is 5.69 Å². The smallest absolute Gasteiger partial charge is 0.266 e. The Morgan fingerprint density at radius 3 is 1.89 bits per heavy atom. The number of anilines is 1. The summed E-state index contributed by atoms with van der Waals surface area (Å²) in [6, 6.07) is 22.8. The van der Waals surface area contributed by atoms with Gasteiger partial charge in [0.25, 0.3) is 17.7 Å². The zero-order valence-electron chi connectivity index (χ0n) is 15.3. The van der Waals surface area contributed by atoms with E-state index in [9.17, 15) is 14.4 Å². The van der Waals surface area contributed by atoms with E-state index in [2.05, 4.69) is 5.32 Å². The lowest BCUT2D eigenvalue weighted by Gasteiger charge is -2.16. The number of rotatable bonds is 4. The molecule has 5 heteroatoms. The fourth-order valence-electron chi connectivity index (χ4n) is 3.29. The molecule has 5 nitrogen and oxygen atoms in total. The summed E-state index contributed by atoms with van der Waals surface area (Å²) in [5, 5.41) is 2.95. The normalized spacial score (nSPS) is 14.0. The van der Waals surface area contributed by atoms with Crippen LogP contribution in [0, 0.1) is 0 Å². The molecule has 1 atom stereocenters. The Morgan fingerprint density at radius 1 is 0.786 bits per heavy atom. The zero-order chi connectivity index (χ0) is 19.7. The minimum Gasteiger partial charge on any atom is -0.346 e. The van der Waals surface area contributed by atoms with Crippen molar-refractivity contribution in [2.45, 2.75) is 13.0 Å². The lowest BCUT2D eigenvalue weighted by atomic mass is 10.1. The number of hydrogen-bond donors (Lipinski definition) is 1. The molecule has 0 spiro atoms. The molecule has 0 bridgehead atoms. The van der Waals surface area contributed by atoms with Gasteiger partial charge in [-0.25, -0.2) is 4.90 Å². The van der Waals surface area contributed by atoms with Gasteiger partial charge in [0.05, 0.1) is 22.9 Å². The van der Waals surface area contributed by atoms with Crippen LogP contribution in [-0.2, 0) is 0 Å². The average Bonchev–Trinajstić information content (AvgIpc) is 2.99. The predicted molar refractivity (Wildman–Crippen MR) is 106 cm³/mol. The molecular weight excluding hydrogens is 352 g/mol. The number of carbonyl (C=O) groups is 3. The number of benzene rings is 3. The van der Waals surface area contributed by atoms with Crippen LogP contribution >= 0.6 is 0 Å². The fourth-order valence-corrected chi connectivity index (χ4v) is 3.29. The van der Waals surface area contributed by atoms with Crippen molar-refractivity contribution < 1.29 is 14.4 Å². The van der Waals surface area contributed by atoms with Crippen LogP contribution in [0.2, 0.25) is 0 Å². The molecule has 0 saturated heterocycles. The SMILES string of the molecule is C[C@H](NC(=O)c1ccc(N2C(=O)c3ccccc3C2=O)cc1)c1ccccc1. The van der Waals surface area contributed by atoms with Gasteiger partial charge in [-0.2, -0.15) is 0 Å². The van der Waals surface area contributed by atoms with Crippen LogP contribution in [0.1, 0.15) is 49.6 Å². The third-order valence-electron chi connectivity index (χ3n) is 4.83. The lowest BCUT2D eigenvalue weighted by molar-refractivity contribution is 0.0921. The molecule has 1 aliphatic rings. The topological polar surface area (TPSA) is 66.5 Å². The summed E-state index contributed by atoms with van der Waals surface area (Å²) >= 11 is 0. The van der Waals surface area contributed by atoms with E-state index < -0.39 is 0 Å². The van der Waals surface area contributed by atoms with Crippen molar-refractivity contribution in [1.82, 2.24) is 5.32 Å². The molecule has 0 saturated carbocycles. The second-order valence-corrected chi connectivity index (χ2v) is 6.64. The Kier molecular flexibility index (Phi) is 4.49. The molecule has 0 unspecified atom stereocenters. The third-order valence-corrected chi connectivity index (χ3v) is 4.83. The Morgan fingerprint density at radius 2 is 1.32 bits per heavy atom. The van der Waals surface area contributed by atoms with Gasteiger partial charge in [0.1, 0.15) is 0 Å². The molecule has 4 rings (SSSR count). The number of hydrogen-bond acceptors (Lipinski definition) is 3. The van der Waals surface area contributed by atoms with E-state index in [0.717, 1.165) is 10.5 Å². The summed E-state index contributed by atoms with van der Waals surface area (Å²) in [7, 11) is 0. The van der Waals surface area contributed by atoms with Gasteiger partial charge in [-0.3, -0.25) is 14.4 Å². The number of imide groups is 1. The minimum atomic E-state index is -0.351. The Labute approximate surface area is 162 Å². The first-order valence-electron chi connectivity index (χ1n) is 9.00. The molecule has 3 amide bonds. The van der Waals surface area contributed by atoms with Gasteiger partial charge in [-0.1, -0.05) is 42.5 Å². The van der Waals surface area contributed by atoms with E-state index >= 15 is 0 Å². The second kappa shape index (κ2) is 7.12. The fraction of sp³-hybridized carbons (Fsp3) is 0.0870. The molecule has 1 aliphatic heterocycles. The summed E-state index contributed by atoms with van der Waals surface area (Å²) < 4.78 is 0. The van der Waals surface area contributed by atoms with E-state index in [-0.39, 0.29) is 23.8 Å². The molecular formula is C23H18N2O3. The average molecular weight is 370 g/mol. The molecule has 1 heterocycles. The first-order chi connectivity index (χ1) is 13.6. The summed E-state index contributed by atoms with van der Waals surface area (Å²) in [5.74, 6) is -0.920. The minimum absolute atomic E-state index is 0.135. The standard InChI is InChI=1S/C23H18N2O3/c1-15(16-7-3-2-4-8-16)24-21(26)17-11-13-18(14-12-17)25-22(27)19-9-5-6-10-20(19)23(25)28/h2-15H,1H3,(H,24,26)/t15-/m0/s1. The van der Waals surface area contributed by atoms with Gasteiger partial charge in [-0.05, 0) is 48.9 Å². The highest BCUT2D eigenvalue weighted by Crippen LogP contribution is 2.28. The van der Waals surface area contributed by atoms with Crippen molar-refractivity contribution in [3.8, 4) is 0 Å². The maximum absolute atomic E-state index is 12.6. The number of nitrogens with zero attached hydrogens (tertiary/aromatic N) is 1. The maximum Gasteiger partial charge on any atom is 0.266 e. The van der Waals surface area contributed by atoms with Crippen LogP contribution in [0.25, 0.3) is 0 Å². The molecule has 28 heavy (non-hydrogen) atoms. The van der Waals surface area contributed by atoms with Gasteiger partial charge in [0.2, 0.25) is 0 Å². The molecule has 138 valence electrons. The van der Waals surface area contributed by atoms with E-state index in [1.165, 1.54) is 0 Å². The maximum atomic E-state index is 12.6. The molecule has 0 fully saturated rings. The predicted octanol–water partition coefficient (Wildman–Crippen LogP) is 3.98. The van der Waals surface area contributed by atoms with E-state index in [1.807, 2.05) is 37.3 Å². The van der Waals surface area contributed by atoms with Crippen molar-refractivity contribution in [2.75, 3.05) is 4.90 Å². The van der Waals surface area contributed by atoms with Crippen molar-refractivity contribution in [2.24, 2.45) is 0 Å². The van der Waals surface area contributed by atoms with Gasteiger partial charge >= 0.3 is 0 Å². The van der Waals surface area contributed by atoms with Crippen LogP contribution in [0.5, 0.6) is 0 Å². The number of amides is 3. The highest BCUT2D eigenvalue weighted by atomic mass is 16.2. The van der Waals surface area contributed by atoms with Crippen molar-refractivity contribution >= 4 is 23.4 Å². The molecule has 1 N–H and O–H groups in total. The summed E-state index contributed by atoms with van der Waals surface area (Å²) in [5.41, 5.74) is 2.71. The summed E-state index contributed by atoms with van der Waals surface area (Å²) in [4.78, 5) is 38.8. The number of nitrogens with one attached hydrogen (secondary N) is 1. The van der Waals surface area contributed by atoms with Crippen LogP contribution in [0.15, 0.2) is 78.9 Å². The van der Waals surface area contributed by atoms with Crippen molar-refractivity contribution in [3.63, 3.8) is 0 Å². The van der Waals surface area contributed by atoms with Gasteiger partial charge in [0.15, 0.2) is 0 Å². The van der Waals surface area contributed by atoms with Crippen LogP contribution in [-0.4, -0.2) is 17.7 Å². The number of carbonyl (C=O) groups excluding carboxylic acids is 3. The summed E-state index contributed by atoms with van der Waals surface area (Å²) in [6.07, 6.45) is 0. The highest BCUT2D eigenvalue weighted by Gasteiger charge is 2.36. The molecule has 3 aromatic rings. The molecule has 0 radical (unpaired) electrons. The zero-order valence-corrected chi connectivity index (χ0v) is 15.3. The van der Waals surface area contributed by atoms with E-state index in [0.29, 0.717) is 22.4 Å². The first kappa shape index (κ1) is 17.7. The first-order valence-corrected chi connectivity index (χ1v) is 9.00. The van der Waals surface area contributed by atoms with Gasteiger partial charge < -0.3 is 5.32 Å².